The minimum Gasteiger partial charge on any atom is -0.369 e. The predicted molar refractivity (Wildman–Crippen MR) is 110 cm³/mol. The molecule has 3 aromatic rings. The minimum absolute atomic E-state index is 0.207. The molecule has 1 aliphatic rings. The van der Waals surface area contributed by atoms with Crippen molar-refractivity contribution >= 4 is 16.7 Å². The Balaban J connectivity index is 1.46. The molecule has 2 unspecified atom stereocenters. The van der Waals surface area contributed by atoms with E-state index >= 15 is 0 Å². The van der Waals surface area contributed by atoms with Gasteiger partial charge in [0.05, 0.1) is 0 Å². The number of nitrogens with two attached hydrogens (primary N) is 1. The van der Waals surface area contributed by atoms with Gasteiger partial charge in [-0.1, -0.05) is 54.6 Å². The second-order valence-electron chi connectivity index (χ2n) is 7.80. The quantitative estimate of drug-likeness (QED) is 0.697. The molecule has 4 rings (SSSR count). The second kappa shape index (κ2) is 7.72. The standard InChI is InChI=1S/C24H25FN2O/c1-16(21-11-5-8-18-7-2-3-10-22(18)21)27-14-19(15-27)23(24(26)28)13-17-6-4-9-20(25)12-17/h2-12,16,19,23H,13-15H2,1H3,(H2,26,28). The Bertz CT molecular complexity index is 991. The molecule has 0 radical (unpaired) electrons. The van der Waals surface area contributed by atoms with Crippen LogP contribution in [0.1, 0.15) is 24.1 Å². The van der Waals surface area contributed by atoms with Gasteiger partial charge in [0.1, 0.15) is 5.82 Å². The Hall–Kier alpha value is -2.72. The summed E-state index contributed by atoms with van der Waals surface area (Å²) >= 11 is 0. The molecular weight excluding hydrogens is 351 g/mol. The molecule has 1 heterocycles. The van der Waals surface area contributed by atoms with Crippen molar-refractivity contribution in [3.05, 3.63) is 83.7 Å². The summed E-state index contributed by atoms with van der Waals surface area (Å²) in [5.74, 6) is -0.636. The molecule has 4 heteroatoms. The maximum absolute atomic E-state index is 13.5. The van der Waals surface area contributed by atoms with E-state index in [1.165, 1.54) is 28.5 Å². The molecule has 2 atom stereocenters. The van der Waals surface area contributed by atoms with Crippen molar-refractivity contribution in [3.8, 4) is 0 Å². The van der Waals surface area contributed by atoms with Crippen LogP contribution in [0.15, 0.2) is 66.7 Å². The third-order valence-electron chi connectivity index (χ3n) is 6.04. The van der Waals surface area contributed by atoms with Crippen molar-refractivity contribution in [1.82, 2.24) is 4.90 Å². The first kappa shape index (κ1) is 18.6. The van der Waals surface area contributed by atoms with Gasteiger partial charge in [-0.25, -0.2) is 4.39 Å². The summed E-state index contributed by atoms with van der Waals surface area (Å²) < 4.78 is 13.5. The molecule has 2 N–H and O–H groups in total. The number of carbonyl (C=O) groups excluding carboxylic acids is 1. The number of carbonyl (C=O) groups is 1. The fourth-order valence-corrected chi connectivity index (χ4v) is 4.35. The van der Waals surface area contributed by atoms with Crippen molar-refractivity contribution < 1.29 is 9.18 Å². The van der Waals surface area contributed by atoms with Crippen LogP contribution in [-0.2, 0) is 11.2 Å². The van der Waals surface area contributed by atoms with Gasteiger partial charge in [-0.15, -0.1) is 0 Å². The number of halogens is 1. The number of nitrogens with zero attached hydrogens (tertiary/aromatic N) is 1. The number of rotatable bonds is 6. The highest BCUT2D eigenvalue weighted by Crippen LogP contribution is 2.36. The van der Waals surface area contributed by atoms with E-state index in [0.29, 0.717) is 6.42 Å². The SMILES string of the molecule is CC(c1cccc2ccccc12)N1CC(C(Cc2cccc(F)c2)C(N)=O)C1. The van der Waals surface area contributed by atoms with E-state index in [1.807, 2.05) is 6.07 Å². The van der Waals surface area contributed by atoms with Gasteiger partial charge in [0.25, 0.3) is 0 Å². The molecule has 3 nitrogen and oxygen atoms in total. The first-order valence-electron chi connectivity index (χ1n) is 9.78. The number of primary amides is 1. The van der Waals surface area contributed by atoms with Crippen LogP contribution in [0.25, 0.3) is 10.8 Å². The zero-order chi connectivity index (χ0) is 19.7. The van der Waals surface area contributed by atoms with E-state index in [0.717, 1.165) is 18.7 Å². The third-order valence-corrected chi connectivity index (χ3v) is 6.04. The molecule has 28 heavy (non-hydrogen) atoms. The normalized spacial score (nSPS) is 17.2. The Labute approximate surface area is 165 Å². The van der Waals surface area contributed by atoms with Gasteiger partial charge in [-0.05, 0) is 53.3 Å². The highest BCUT2D eigenvalue weighted by molar-refractivity contribution is 5.86. The molecule has 0 aliphatic carbocycles. The largest absolute Gasteiger partial charge is 0.369 e. The number of amides is 1. The molecule has 1 aliphatic heterocycles. The van der Waals surface area contributed by atoms with Crippen LogP contribution in [0.2, 0.25) is 0 Å². The Morgan fingerprint density at radius 3 is 2.57 bits per heavy atom. The average molecular weight is 376 g/mol. The van der Waals surface area contributed by atoms with Crippen molar-refractivity contribution in [3.63, 3.8) is 0 Å². The smallest absolute Gasteiger partial charge is 0.221 e. The Morgan fingerprint density at radius 1 is 1.11 bits per heavy atom. The van der Waals surface area contributed by atoms with Crippen LogP contribution in [-0.4, -0.2) is 23.9 Å². The minimum atomic E-state index is -0.299. The van der Waals surface area contributed by atoms with E-state index in [-0.39, 0.29) is 29.6 Å². The van der Waals surface area contributed by atoms with E-state index in [1.54, 1.807) is 6.07 Å². The third kappa shape index (κ3) is 3.65. The fraction of sp³-hybridized carbons (Fsp3) is 0.292. The summed E-state index contributed by atoms with van der Waals surface area (Å²) in [4.78, 5) is 14.4. The van der Waals surface area contributed by atoms with Gasteiger partial charge in [0.2, 0.25) is 5.91 Å². The highest BCUT2D eigenvalue weighted by atomic mass is 19.1. The van der Waals surface area contributed by atoms with E-state index in [2.05, 4.69) is 54.3 Å². The maximum Gasteiger partial charge on any atom is 0.221 e. The monoisotopic (exact) mass is 376 g/mol. The van der Waals surface area contributed by atoms with Crippen LogP contribution >= 0.6 is 0 Å². The summed E-state index contributed by atoms with van der Waals surface area (Å²) in [6.45, 7) is 3.87. The number of hydrogen-bond acceptors (Lipinski definition) is 2. The number of hydrogen-bond donors (Lipinski definition) is 1. The van der Waals surface area contributed by atoms with Crippen LogP contribution in [0.4, 0.5) is 4.39 Å². The maximum atomic E-state index is 13.5. The highest BCUT2D eigenvalue weighted by Gasteiger charge is 2.38. The Morgan fingerprint density at radius 2 is 1.82 bits per heavy atom. The second-order valence-corrected chi connectivity index (χ2v) is 7.80. The molecule has 0 bridgehead atoms. The Kier molecular flexibility index (Phi) is 5.14. The lowest BCUT2D eigenvalue weighted by Crippen LogP contribution is -2.53. The fourth-order valence-electron chi connectivity index (χ4n) is 4.35. The van der Waals surface area contributed by atoms with E-state index in [9.17, 15) is 9.18 Å². The number of benzene rings is 3. The van der Waals surface area contributed by atoms with Crippen molar-refractivity contribution in [2.45, 2.75) is 19.4 Å². The molecule has 0 spiro atoms. The lowest BCUT2D eigenvalue weighted by atomic mass is 9.80. The van der Waals surface area contributed by atoms with Gasteiger partial charge < -0.3 is 5.73 Å². The molecular formula is C24H25FN2O. The van der Waals surface area contributed by atoms with Crippen LogP contribution in [0.5, 0.6) is 0 Å². The van der Waals surface area contributed by atoms with E-state index in [4.69, 9.17) is 5.73 Å². The summed E-state index contributed by atoms with van der Waals surface area (Å²) in [5.41, 5.74) is 7.82. The number of fused-ring (bicyclic) bond motifs is 1. The lowest BCUT2D eigenvalue weighted by Gasteiger charge is -2.46. The predicted octanol–water partition coefficient (Wildman–Crippen LogP) is 4.32. The van der Waals surface area contributed by atoms with Crippen LogP contribution < -0.4 is 5.73 Å². The molecule has 0 aromatic heterocycles. The van der Waals surface area contributed by atoms with Gasteiger partial charge in [-0.3, -0.25) is 9.69 Å². The molecule has 0 saturated carbocycles. The summed E-state index contributed by atoms with van der Waals surface area (Å²) in [6, 6.07) is 21.5. The van der Waals surface area contributed by atoms with Crippen molar-refractivity contribution in [1.29, 1.82) is 0 Å². The molecule has 1 saturated heterocycles. The van der Waals surface area contributed by atoms with Gasteiger partial charge in [-0.2, -0.15) is 0 Å². The average Bonchev–Trinajstić information content (AvgIpc) is 2.65. The molecule has 1 amide bonds. The van der Waals surface area contributed by atoms with Crippen LogP contribution in [0.3, 0.4) is 0 Å². The van der Waals surface area contributed by atoms with Crippen molar-refractivity contribution in [2.24, 2.45) is 17.6 Å². The lowest BCUT2D eigenvalue weighted by molar-refractivity contribution is -0.126. The zero-order valence-electron chi connectivity index (χ0n) is 16.0. The van der Waals surface area contributed by atoms with Gasteiger partial charge in [0.15, 0.2) is 0 Å². The molecule has 1 fully saturated rings. The number of likely N-dealkylation sites (tertiary alicyclic amines) is 1. The first-order chi connectivity index (χ1) is 13.5. The first-order valence-corrected chi connectivity index (χ1v) is 9.78. The molecule has 144 valence electrons. The summed E-state index contributed by atoms with van der Waals surface area (Å²) in [5, 5.41) is 2.51. The zero-order valence-corrected chi connectivity index (χ0v) is 16.0. The topological polar surface area (TPSA) is 46.3 Å². The van der Waals surface area contributed by atoms with Gasteiger partial charge >= 0.3 is 0 Å². The summed E-state index contributed by atoms with van der Waals surface area (Å²) in [7, 11) is 0. The van der Waals surface area contributed by atoms with Crippen LogP contribution in [0, 0.1) is 17.7 Å². The van der Waals surface area contributed by atoms with E-state index < -0.39 is 0 Å². The summed E-state index contributed by atoms with van der Waals surface area (Å²) in [6.07, 6.45) is 0.494. The molecule has 3 aromatic carbocycles. The van der Waals surface area contributed by atoms with Crippen molar-refractivity contribution in [2.75, 3.05) is 13.1 Å². The van der Waals surface area contributed by atoms with Gasteiger partial charge in [0, 0.05) is 25.0 Å².